The van der Waals surface area contributed by atoms with Crippen LogP contribution in [0.3, 0.4) is 0 Å². The number of benzene rings is 2. The van der Waals surface area contributed by atoms with E-state index >= 15 is 0 Å². The van der Waals surface area contributed by atoms with Crippen LogP contribution in [0.15, 0.2) is 90.4 Å². The summed E-state index contributed by atoms with van der Waals surface area (Å²) in [4.78, 5) is 50.3. The molecule has 0 bridgehead atoms. The molecule has 10 unspecified atom stereocenters. The number of hydrogen-bond donors (Lipinski definition) is 10. The Morgan fingerprint density at radius 3 is 1.39 bits per heavy atom. The second kappa shape index (κ2) is 24.6. The van der Waals surface area contributed by atoms with E-state index in [9.17, 15) is 70.2 Å². The van der Waals surface area contributed by atoms with Gasteiger partial charge in [0.2, 0.25) is 12.6 Å². The maximum atomic E-state index is 12.7. The Morgan fingerprint density at radius 2 is 0.973 bits per heavy atom. The lowest BCUT2D eigenvalue weighted by atomic mass is 9.80. The molecule has 10 N–H and O–H groups in total. The van der Waals surface area contributed by atoms with Crippen molar-refractivity contribution in [1.29, 1.82) is 0 Å². The van der Waals surface area contributed by atoms with Gasteiger partial charge in [-0.05, 0) is 36.6 Å². The number of aliphatic hydroxyl groups excluding tert-OH is 10. The van der Waals surface area contributed by atoms with Crippen LogP contribution in [0.4, 0.5) is 0 Å². The zero-order valence-corrected chi connectivity index (χ0v) is 41.0. The second-order valence-corrected chi connectivity index (χ2v) is 19.6. The average molecular weight is 1040 g/mol. The highest BCUT2D eigenvalue weighted by molar-refractivity contribution is 5.91. The highest BCUT2D eigenvalue weighted by Gasteiger charge is 2.61. The van der Waals surface area contributed by atoms with Crippen LogP contribution in [0, 0.1) is 47.3 Å². The first-order chi connectivity index (χ1) is 35.4. The molecule has 2 aromatic rings. The zero-order chi connectivity index (χ0) is 53.7. The molecule has 22 atom stereocenters. The van der Waals surface area contributed by atoms with Gasteiger partial charge in [0.05, 0.1) is 80.1 Å². The number of carbonyl (C=O) groups is 4. The molecule has 2 heterocycles. The fourth-order valence-corrected chi connectivity index (χ4v) is 11.2. The van der Waals surface area contributed by atoms with Crippen LogP contribution in [-0.4, -0.2) is 188 Å². The monoisotopic (exact) mass is 1040 g/mol. The van der Waals surface area contributed by atoms with Gasteiger partial charge in [0.25, 0.3) is 0 Å². The molecule has 6 aliphatic rings. The predicted molar refractivity (Wildman–Crippen MR) is 251 cm³/mol. The zero-order valence-electron chi connectivity index (χ0n) is 41.0. The lowest BCUT2D eigenvalue weighted by Crippen LogP contribution is -2.56. The Hall–Kier alpha value is -5.34. The molecule has 4 aliphatic carbocycles. The summed E-state index contributed by atoms with van der Waals surface area (Å²) in [5, 5.41) is 103. The van der Waals surface area contributed by atoms with E-state index in [4.69, 9.17) is 37.9 Å². The second-order valence-electron chi connectivity index (χ2n) is 19.6. The Bertz CT molecular complexity index is 2320. The molecule has 406 valence electrons. The number of esters is 4. The molecular weight excluding hydrogens is 977 g/mol. The normalized spacial score (nSPS) is 39.3. The smallest absolute Gasteiger partial charge is 0.338 e. The van der Waals surface area contributed by atoms with Gasteiger partial charge in [-0.25, -0.2) is 19.2 Å². The van der Waals surface area contributed by atoms with Crippen LogP contribution < -0.4 is 0 Å². The summed E-state index contributed by atoms with van der Waals surface area (Å²) < 4.78 is 44.5. The van der Waals surface area contributed by atoms with E-state index in [1.807, 2.05) is 30.3 Å². The van der Waals surface area contributed by atoms with Crippen molar-refractivity contribution < 1.29 is 108 Å². The first-order valence-corrected chi connectivity index (χ1v) is 24.4. The van der Waals surface area contributed by atoms with E-state index < -0.39 is 170 Å². The van der Waals surface area contributed by atoms with E-state index in [1.54, 1.807) is 50.3 Å². The van der Waals surface area contributed by atoms with Gasteiger partial charge in [-0.15, -0.1) is 0 Å². The Kier molecular flexibility index (Phi) is 18.7. The molecule has 2 aromatic carbocycles. The van der Waals surface area contributed by atoms with E-state index in [1.165, 1.54) is 20.3 Å². The van der Waals surface area contributed by atoms with Crippen molar-refractivity contribution in [2.75, 3.05) is 27.4 Å². The number of fused-ring (bicyclic) bond motifs is 2. The molecule has 0 amide bonds. The van der Waals surface area contributed by atoms with Gasteiger partial charge in [-0.3, -0.25) is 0 Å². The molecule has 0 radical (unpaired) electrons. The van der Waals surface area contributed by atoms with Crippen molar-refractivity contribution in [1.82, 2.24) is 0 Å². The maximum Gasteiger partial charge on any atom is 0.338 e. The summed E-state index contributed by atoms with van der Waals surface area (Å²) in [6.45, 7) is 2.59. The number of methoxy groups -OCH3 is 2. The fraction of sp³-hybridized carbons (Fsp3) is 0.577. The van der Waals surface area contributed by atoms with Crippen LogP contribution >= 0.6 is 0 Å². The van der Waals surface area contributed by atoms with E-state index in [-0.39, 0.29) is 24.0 Å². The van der Waals surface area contributed by atoms with E-state index in [2.05, 4.69) is 0 Å². The molecule has 22 nitrogen and oxygen atoms in total. The van der Waals surface area contributed by atoms with Crippen LogP contribution in [0.1, 0.15) is 42.6 Å². The van der Waals surface area contributed by atoms with Crippen LogP contribution in [-0.2, 0) is 52.3 Å². The quantitative estimate of drug-likeness (QED) is 0.0660. The average Bonchev–Trinajstić information content (AvgIpc) is 3.81. The lowest BCUT2D eigenvalue weighted by molar-refractivity contribution is -0.248. The summed E-state index contributed by atoms with van der Waals surface area (Å²) in [6.07, 6.45) is -12.4. The van der Waals surface area contributed by atoms with Crippen molar-refractivity contribution in [2.45, 2.75) is 113 Å². The molecule has 0 spiro atoms. The molecule has 22 heteroatoms. The van der Waals surface area contributed by atoms with Gasteiger partial charge < -0.3 is 89.0 Å². The summed E-state index contributed by atoms with van der Waals surface area (Å²) in [7, 11) is 2.39. The topological polar surface area (TPSA) is 344 Å². The Balaban J connectivity index is 0.000000217. The Morgan fingerprint density at radius 1 is 0.554 bits per heavy atom. The van der Waals surface area contributed by atoms with Crippen molar-refractivity contribution >= 4 is 30.0 Å². The van der Waals surface area contributed by atoms with Gasteiger partial charge in [0, 0.05) is 66.6 Å². The lowest BCUT2D eigenvalue weighted by Gasteiger charge is -2.43. The minimum Gasteiger partial charge on any atom is -0.472 e. The van der Waals surface area contributed by atoms with Crippen molar-refractivity contribution in [2.24, 2.45) is 47.3 Å². The number of hydrogen-bond acceptors (Lipinski definition) is 22. The third-order valence-electron chi connectivity index (χ3n) is 15.3. The number of ether oxygens (including phenoxy) is 8. The predicted octanol–water partition coefficient (Wildman–Crippen LogP) is -0.904. The molecule has 4 fully saturated rings. The molecule has 2 aliphatic heterocycles. The first kappa shape index (κ1) is 56.4. The summed E-state index contributed by atoms with van der Waals surface area (Å²) in [5.41, 5.74) is 1.18. The minimum atomic E-state index is -1.55. The van der Waals surface area contributed by atoms with E-state index in [0.717, 1.165) is 18.1 Å². The van der Waals surface area contributed by atoms with Crippen LogP contribution in [0.5, 0.6) is 0 Å². The van der Waals surface area contributed by atoms with Crippen molar-refractivity contribution in [3.05, 3.63) is 102 Å². The van der Waals surface area contributed by atoms with Gasteiger partial charge in [-0.2, -0.15) is 0 Å². The van der Waals surface area contributed by atoms with Crippen molar-refractivity contribution in [3.8, 4) is 0 Å². The fourth-order valence-electron chi connectivity index (χ4n) is 11.2. The number of carbonyl (C=O) groups excluding carboxylic acids is 4. The van der Waals surface area contributed by atoms with E-state index in [0.29, 0.717) is 5.56 Å². The molecule has 74 heavy (non-hydrogen) atoms. The van der Waals surface area contributed by atoms with Crippen LogP contribution in [0.25, 0.3) is 6.08 Å². The van der Waals surface area contributed by atoms with Gasteiger partial charge in [-0.1, -0.05) is 62.4 Å². The third-order valence-corrected chi connectivity index (χ3v) is 15.3. The standard InChI is InChI=1S/C27H34O11.C25H32O11/c1-13-19-20(23(32)25(13)38-18(29)9-8-14-6-4-3-5-7-14)16(26(34)35-2)12-36-27(19)37-17-10-15(11-28)21(30)24(33)22(17)31;1-11-16-17(20(29)22(11)36-23(31)12-6-4-3-5-7-12)14(24(32)33-2)10-34-25(16)35-15-8-13(9-26)18(27)21(30)19(15)28/h3-9,12-13,15,17,19-25,27-28,30-33H,10-11H2,1-2H3;3-7,10-11,13,15-22,25-30H,8-9H2,1-2H3/b9-8+;/t13-,15?,17?,19-,20-,21?,22?,23+,24?,25-,27+;11-,13?,15?,16-,17-,18?,19?,20+,21?,22-,25+/m11/s1. The molecular formula is C52H66O22. The first-order valence-electron chi connectivity index (χ1n) is 24.4. The summed E-state index contributed by atoms with van der Waals surface area (Å²) >= 11 is 0. The highest BCUT2D eigenvalue weighted by Crippen LogP contribution is 2.51. The molecule has 0 aromatic heterocycles. The molecule has 0 saturated heterocycles. The number of aliphatic hydroxyl groups is 10. The Labute approximate surface area is 425 Å². The summed E-state index contributed by atoms with van der Waals surface area (Å²) in [6, 6.07) is 17.4. The molecule has 8 rings (SSSR count). The largest absolute Gasteiger partial charge is 0.472 e. The SMILES string of the molecule is COC(=O)C1=CO[C@@H](OC2CC(CO)C(O)C(O)C2O)[C@@H]2[C@@H](C)[C@@H](OC(=O)/C=C/c3ccccc3)[C@@H](O)[C@H]12.COC(=O)C1=CO[C@@H](OC2CC(CO)C(O)C(O)C2O)[C@@H]2[C@@H](C)[C@@H](OC(=O)c3ccccc3)[C@@H](O)[C@H]12. The highest BCUT2D eigenvalue weighted by atomic mass is 16.7. The summed E-state index contributed by atoms with van der Waals surface area (Å²) in [5.74, 6) is -8.52. The third kappa shape index (κ3) is 11.6. The van der Waals surface area contributed by atoms with Crippen LogP contribution in [0.2, 0.25) is 0 Å². The maximum absolute atomic E-state index is 12.7. The van der Waals surface area contributed by atoms with Gasteiger partial charge >= 0.3 is 23.9 Å². The molecule has 4 saturated carbocycles. The van der Waals surface area contributed by atoms with Gasteiger partial charge in [0.1, 0.15) is 36.6 Å². The number of rotatable bonds is 13. The van der Waals surface area contributed by atoms with Crippen molar-refractivity contribution in [3.63, 3.8) is 0 Å². The van der Waals surface area contributed by atoms with Gasteiger partial charge in [0.15, 0.2) is 0 Å². The minimum absolute atomic E-state index is 0.0281.